The van der Waals surface area contributed by atoms with Crippen molar-refractivity contribution >= 4 is 17.5 Å². The minimum Gasteiger partial charge on any atom is -0.376 e. The van der Waals surface area contributed by atoms with Crippen LogP contribution < -0.4 is 4.90 Å². The van der Waals surface area contributed by atoms with Gasteiger partial charge in [-0.3, -0.25) is 9.59 Å². The van der Waals surface area contributed by atoms with Gasteiger partial charge in [0.2, 0.25) is 5.91 Å². The molecule has 6 nitrogen and oxygen atoms in total. The number of hydrogen-bond acceptors (Lipinski definition) is 4. The van der Waals surface area contributed by atoms with E-state index in [1.165, 1.54) is 4.90 Å². The van der Waals surface area contributed by atoms with Crippen LogP contribution in [0.5, 0.6) is 0 Å². The lowest BCUT2D eigenvalue weighted by atomic mass is 10.2. The van der Waals surface area contributed by atoms with Crippen LogP contribution in [-0.2, 0) is 19.1 Å². The topological polar surface area (TPSA) is 59.1 Å². The summed E-state index contributed by atoms with van der Waals surface area (Å²) in [5, 5.41) is 0. The average Bonchev–Trinajstić information content (AvgIpc) is 3.28. The lowest BCUT2D eigenvalue weighted by Crippen LogP contribution is -2.47. The summed E-state index contributed by atoms with van der Waals surface area (Å²) in [4.78, 5) is 28.6. The summed E-state index contributed by atoms with van der Waals surface area (Å²) in [6.07, 6.45) is 2.16. The molecule has 2 saturated heterocycles. The lowest BCUT2D eigenvalue weighted by molar-refractivity contribution is -0.147. The highest BCUT2D eigenvalue weighted by molar-refractivity contribution is 6.01. The molecule has 2 heterocycles. The van der Waals surface area contributed by atoms with Crippen LogP contribution in [0.15, 0.2) is 30.3 Å². The number of para-hydroxylation sites is 1. The molecule has 136 valence electrons. The van der Waals surface area contributed by atoms with Crippen molar-refractivity contribution in [2.45, 2.75) is 44.4 Å². The molecule has 2 aliphatic heterocycles. The van der Waals surface area contributed by atoms with Crippen LogP contribution in [0.1, 0.15) is 26.2 Å². The molecule has 2 fully saturated rings. The molecular weight excluding hydrogens is 320 g/mol. The Morgan fingerprint density at radius 2 is 2.12 bits per heavy atom. The summed E-state index contributed by atoms with van der Waals surface area (Å²) in [6.45, 7) is 3.55. The fraction of sp³-hybridized carbons (Fsp3) is 0.579. The average molecular weight is 346 g/mol. The van der Waals surface area contributed by atoms with Crippen LogP contribution in [0.25, 0.3) is 0 Å². The van der Waals surface area contributed by atoms with E-state index < -0.39 is 12.1 Å². The number of anilines is 1. The number of nitrogens with zero attached hydrogens (tertiary/aromatic N) is 2. The smallest absolute Gasteiger partial charge is 0.251 e. The SMILES string of the molecule is C[C@H](OC[C@H]1CCCO1)C(=O)N(C)[C@H]1CCN(c2ccccc2)C1=O. The number of likely N-dealkylation sites (N-methyl/N-ethyl adjacent to an activating group) is 1. The molecule has 2 aliphatic rings. The van der Waals surface area contributed by atoms with Gasteiger partial charge in [-0.25, -0.2) is 0 Å². The lowest BCUT2D eigenvalue weighted by Gasteiger charge is -2.27. The van der Waals surface area contributed by atoms with E-state index in [9.17, 15) is 9.59 Å². The number of hydrogen-bond donors (Lipinski definition) is 0. The molecule has 0 spiro atoms. The first kappa shape index (κ1) is 17.9. The Labute approximate surface area is 148 Å². The maximum Gasteiger partial charge on any atom is 0.251 e. The number of rotatable bonds is 6. The first-order chi connectivity index (χ1) is 12.1. The number of amides is 2. The van der Waals surface area contributed by atoms with Gasteiger partial charge in [0.05, 0.1) is 12.7 Å². The molecule has 6 heteroatoms. The van der Waals surface area contributed by atoms with Gasteiger partial charge < -0.3 is 19.3 Å². The second-order valence-corrected chi connectivity index (χ2v) is 6.69. The van der Waals surface area contributed by atoms with Gasteiger partial charge in [-0.05, 0) is 38.3 Å². The minimum absolute atomic E-state index is 0.0339. The van der Waals surface area contributed by atoms with Crippen LogP contribution in [0.2, 0.25) is 0 Å². The molecule has 1 aromatic carbocycles. The first-order valence-electron chi connectivity index (χ1n) is 8.94. The van der Waals surface area contributed by atoms with Gasteiger partial charge >= 0.3 is 0 Å². The monoisotopic (exact) mass is 346 g/mol. The number of carbonyl (C=O) groups is 2. The van der Waals surface area contributed by atoms with Crippen molar-refractivity contribution in [1.29, 1.82) is 0 Å². The third-order valence-corrected chi connectivity index (χ3v) is 4.96. The van der Waals surface area contributed by atoms with Gasteiger partial charge in [0.1, 0.15) is 12.1 Å². The van der Waals surface area contributed by atoms with E-state index in [0.717, 1.165) is 25.1 Å². The third kappa shape index (κ3) is 4.02. The molecule has 3 rings (SSSR count). The van der Waals surface area contributed by atoms with Crippen molar-refractivity contribution in [3.63, 3.8) is 0 Å². The summed E-state index contributed by atoms with van der Waals surface area (Å²) < 4.78 is 11.2. The second kappa shape index (κ2) is 7.97. The van der Waals surface area contributed by atoms with Gasteiger partial charge in [-0.15, -0.1) is 0 Å². The van der Waals surface area contributed by atoms with E-state index in [1.54, 1.807) is 18.9 Å². The fourth-order valence-electron chi connectivity index (χ4n) is 3.43. The van der Waals surface area contributed by atoms with Crippen LogP contribution >= 0.6 is 0 Å². The summed E-state index contributed by atoms with van der Waals surface area (Å²) >= 11 is 0. The van der Waals surface area contributed by atoms with Gasteiger partial charge in [0.25, 0.3) is 5.91 Å². The van der Waals surface area contributed by atoms with Crippen molar-refractivity contribution in [2.24, 2.45) is 0 Å². The molecule has 0 aliphatic carbocycles. The van der Waals surface area contributed by atoms with Crippen molar-refractivity contribution in [3.8, 4) is 0 Å². The maximum atomic E-state index is 12.7. The summed E-state index contributed by atoms with van der Waals surface area (Å²) in [5.74, 6) is -0.195. The Morgan fingerprint density at radius 1 is 1.36 bits per heavy atom. The number of benzene rings is 1. The Bertz CT molecular complexity index is 601. The fourth-order valence-corrected chi connectivity index (χ4v) is 3.43. The standard InChI is InChI=1S/C19H26N2O4/c1-14(25-13-16-9-6-12-24-16)18(22)20(2)17-10-11-21(19(17)23)15-7-4-3-5-8-15/h3-5,7-8,14,16-17H,6,9-13H2,1-2H3/t14-,16+,17-/m0/s1. The molecule has 0 saturated carbocycles. The molecule has 0 radical (unpaired) electrons. The van der Waals surface area contributed by atoms with Crippen LogP contribution in [0.4, 0.5) is 5.69 Å². The highest BCUT2D eigenvalue weighted by Gasteiger charge is 2.38. The van der Waals surface area contributed by atoms with E-state index in [4.69, 9.17) is 9.47 Å². The van der Waals surface area contributed by atoms with E-state index in [0.29, 0.717) is 19.6 Å². The van der Waals surface area contributed by atoms with Crippen LogP contribution in [0, 0.1) is 0 Å². The van der Waals surface area contributed by atoms with Gasteiger partial charge in [-0.1, -0.05) is 18.2 Å². The molecule has 3 atom stereocenters. The Balaban J connectivity index is 1.55. The van der Waals surface area contributed by atoms with E-state index >= 15 is 0 Å². The molecule has 0 aromatic heterocycles. The predicted octanol–water partition coefficient (Wildman–Crippen LogP) is 1.83. The highest BCUT2D eigenvalue weighted by Crippen LogP contribution is 2.24. The van der Waals surface area contributed by atoms with Crippen LogP contribution in [0.3, 0.4) is 0 Å². The molecular formula is C19H26N2O4. The molecule has 25 heavy (non-hydrogen) atoms. The molecule has 2 amide bonds. The molecule has 0 unspecified atom stereocenters. The summed E-state index contributed by atoms with van der Waals surface area (Å²) in [5.41, 5.74) is 0.874. The maximum absolute atomic E-state index is 12.7. The summed E-state index contributed by atoms with van der Waals surface area (Å²) in [6, 6.07) is 9.13. The molecule has 0 bridgehead atoms. The highest BCUT2D eigenvalue weighted by atomic mass is 16.5. The van der Waals surface area contributed by atoms with E-state index in [2.05, 4.69) is 0 Å². The zero-order chi connectivity index (χ0) is 17.8. The number of ether oxygens (including phenoxy) is 2. The normalized spacial score (nSPS) is 24.6. The Hall–Kier alpha value is -1.92. The summed E-state index contributed by atoms with van der Waals surface area (Å²) in [7, 11) is 1.69. The predicted molar refractivity (Wildman–Crippen MR) is 94.4 cm³/mol. The van der Waals surface area contributed by atoms with E-state index in [-0.39, 0.29) is 17.9 Å². The second-order valence-electron chi connectivity index (χ2n) is 6.69. The third-order valence-electron chi connectivity index (χ3n) is 4.96. The van der Waals surface area contributed by atoms with Gasteiger partial charge in [0, 0.05) is 25.9 Å². The van der Waals surface area contributed by atoms with Gasteiger partial charge in [-0.2, -0.15) is 0 Å². The first-order valence-corrected chi connectivity index (χ1v) is 8.94. The minimum atomic E-state index is -0.576. The number of carbonyl (C=O) groups excluding carboxylic acids is 2. The van der Waals surface area contributed by atoms with Crippen LogP contribution in [-0.4, -0.2) is 61.8 Å². The van der Waals surface area contributed by atoms with Crippen molar-refractivity contribution in [3.05, 3.63) is 30.3 Å². The zero-order valence-electron chi connectivity index (χ0n) is 14.9. The van der Waals surface area contributed by atoms with Gasteiger partial charge in [0.15, 0.2) is 0 Å². The van der Waals surface area contributed by atoms with Crippen molar-refractivity contribution in [2.75, 3.05) is 31.7 Å². The largest absolute Gasteiger partial charge is 0.376 e. The zero-order valence-corrected chi connectivity index (χ0v) is 14.9. The quantitative estimate of drug-likeness (QED) is 0.789. The van der Waals surface area contributed by atoms with Crippen molar-refractivity contribution < 1.29 is 19.1 Å². The van der Waals surface area contributed by atoms with E-state index in [1.807, 2.05) is 30.3 Å². The van der Waals surface area contributed by atoms with Crippen molar-refractivity contribution in [1.82, 2.24) is 4.90 Å². The molecule has 0 N–H and O–H groups in total. The Kier molecular flexibility index (Phi) is 5.71. The Morgan fingerprint density at radius 3 is 2.80 bits per heavy atom. The molecule has 1 aromatic rings.